The second-order valence-electron chi connectivity index (χ2n) is 29.4. The first-order valence-electron chi connectivity index (χ1n) is 40.4. The molecular formula is C86H86N12O29S8-4. The number of carbonyl (C=O) groups excluding carboxylic acids is 3. The number of nitrogens with two attached hydrogens (primary N) is 5. The molecule has 6 heterocycles. The molecule has 135 heavy (non-hydrogen) atoms. The summed E-state index contributed by atoms with van der Waals surface area (Å²) >= 11 is 0. The summed E-state index contributed by atoms with van der Waals surface area (Å²) in [6, 6.07) is 15.9. The minimum absolute atomic E-state index is 0.000672. The number of aliphatic carboxylic acids is 1. The van der Waals surface area contributed by atoms with E-state index in [1.165, 1.54) is 101 Å². The summed E-state index contributed by atoms with van der Waals surface area (Å²) in [6.45, 7) is 12.4. The number of carboxylic acids is 3. The van der Waals surface area contributed by atoms with E-state index in [1.54, 1.807) is 18.3 Å². The van der Waals surface area contributed by atoms with Gasteiger partial charge in [0.25, 0.3) is 5.91 Å². The molecule has 4 aliphatic heterocycles. The third kappa shape index (κ3) is 25.7. The van der Waals surface area contributed by atoms with Crippen LogP contribution in [-0.2, 0) is 69.0 Å². The summed E-state index contributed by atoms with van der Waals surface area (Å²) in [5.74, 6) is 6.51. The van der Waals surface area contributed by atoms with Gasteiger partial charge < -0.3 is 95.3 Å². The van der Waals surface area contributed by atoms with E-state index in [4.69, 9.17) is 72.4 Å². The van der Waals surface area contributed by atoms with Gasteiger partial charge in [0.2, 0.25) is 0 Å². The Labute approximate surface area is 786 Å². The maximum Gasteiger partial charge on any atom is 0.351 e. The fourth-order valence-corrected chi connectivity index (χ4v) is 21.3. The average molecular weight is 2010 g/mol. The number of Topliss-reactive ketones (excluding diaryl/α,β-unsaturated/α-hetero) is 2. The minimum atomic E-state index is -5.47. The first-order chi connectivity index (χ1) is 63.9. The number of benzene rings is 6. The molecule has 49 heteroatoms. The van der Waals surface area contributed by atoms with E-state index in [0.29, 0.717) is 73.0 Å². The first kappa shape index (κ1) is 105. The Balaban J connectivity index is 0.000000236. The van der Waals surface area contributed by atoms with E-state index in [-0.39, 0.29) is 142 Å². The number of amides is 1. The fraction of sp³-hybridized carbons (Fsp3) is 0.302. The number of hydrogen-bond donors (Lipinski definition) is 11. The lowest BCUT2D eigenvalue weighted by Crippen LogP contribution is -2.28. The van der Waals surface area contributed by atoms with Gasteiger partial charge in [-0.1, -0.05) is 111 Å². The lowest BCUT2D eigenvalue weighted by Gasteiger charge is -2.22. The molecule has 0 saturated carbocycles. The van der Waals surface area contributed by atoms with Gasteiger partial charge in [-0.25, -0.2) is 52.8 Å². The van der Waals surface area contributed by atoms with Crippen LogP contribution in [0.3, 0.4) is 0 Å². The van der Waals surface area contributed by atoms with Gasteiger partial charge in [-0.3, -0.25) is 39.1 Å². The minimum Gasteiger partial charge on any atom is -0.744 e. The zero-order chi connectivity index (χ0) is 98.9. The van der Waals surface area contributed by atoms with Gasteiger partial charge in [-0.15, -0.1) is 13.2 Å². The topological polar surface area (TPSA) is 715 Å². The number of carbonyl (C=O) groups is 6. The van der Waals surface area contributed by atoms with Gasteiger partial charge in [0.05, 0.1) is 94.9 Å². The summed E-state index contributed by atoms with van der Waals surface area (Å²) in [5, 5.41) is 45.9. The molecule has 6 aromatic rings. The van der Waals surface area contributed by atoms with Gasteiger partial charge >= 0.3 is 29.3 Å². The van der Waals surface area contributed by atoms with Crippen molar-refractivity contribution < 1.29 is 124 Å². The van der Waals surface area contributed by atoms with Crippen LogP contribution in [0, 0.1) is 34.5 Å². The molecule has 0 spiro atoms. The summed E-state index contributed by atoms with van der Waals surface area (Å²) in [5.41, 5.74) is 23.5. The standard InChI is InChI=1S/C43H44N6O14S4.C27H24N2O12S4.C16H22N4O3/c1-3-17-61-33-21-34(62-32(33)4-2)49-22-24(40(46)48-43(49)54)7-5-6-8-25(50)15-18-64-65-19-16-47-41(51)23-9-10-26(29(20-23)42(52)53)35-27-11-13-30(44)38(66(55,56)57)36(27)63-37-28(35)12-14-31(45)39(37)67(58,59)60;28-18-7-5-15-22(16-6-8-19(29)26(45(38,39)40)24(16)41-23(15)25(18)44(35,36)37)14-4-3-13(12-17(14)27(33)34)20(30)2-1-10-42-43-11-9-21(31)32;1-3-8-22-13-9-14(23-12(13)4-2)20-10-11(6-5-7-17)15(18)19-16(20)21/h3,9-14,20,22,32-34,44H,1,4,6,8,15-19,21,45H2,2H3,(H,47,51)(H,52,53)(H2,46,48,54)(H,55,56,57)(H,58,59,60);3-8,12,28H,1-2,9-11,29H2,(H,31,32)(H,33,34)(H,35,36,37)(H,38,39,40);3,10,12-14H,1,4,7-9,17H2,2H3,(H2,18,19,21)/p-4. The maximum atomic E-state index is 13.2. The van der Waals surface area contributed by atoms with Crippen LogP contribution in [-0.4, -0.2) is 195 Å². The lowest BCUT2D eigenvalue weighted by atomic mass is 9.89. The number of aromatic nitrogens is 4. The Kier molecular flexibility index (Phi) is 35.7. The molecular weight excluding hydrogens is 1920 g/mol. The molecule has 6 unspecified atom stereocenters. The number of rotatable bonds is 37. The average Bonchev–Trinajstić information content (AvgIpc) is 1.33. The number of carboxylic acid groups (broad SMARTS) is 3. The van der Waals surface area contributed by atoms with E-state index < -0.39 is 169 Å². The molecule has 2 aliphatic carbocycles. The van der Waals surface area contributed by atoms with Crippen LogP contribution in [0.2, 0.25) is 0 Å². The number of aromatic carboxylic acids is 2. The van der Waals surface area contributed by atoms with Crippen LogP contribution in [0.1, 0.15) is 143 Å². The second kappa shape index (κ2) is 45.9. The highest BCUT2D eigenvalue weighted by atomic mass is 33.1. The molecule has 16 N–H and O–H groups in total. The monoisotopic (exact) mass is 2010 g/mol. The summed E-state index contributed by atoms with van der Waals surface area (Å²) in [6.07, 6.45) is 8.38. The van der Waals surface area contributed by atoms with Crippen molar-refractivity contribution in [1.82, 2.24) is 24.4 Å². The van der Waals surface area contributed by atoms with Gasteiger partial charge in [0.1, 0.15) is 89.9 Å². The van der Waals surface area contributed by atoms with Crippen LogP contribution in [0.5, 0.6) is 0 Å². The highest BCUT2D eigenvalue weighted by molar-refractivity contribution is 8.77. The molecule has 0 radical (unpaired) electrons. The van der Waals surface area contributed by atoms with Crippen molar-refractivity contribution in [3.8, 4) is 68.6 Å². The van der Waals surface area contributed by atoms with Crippen LogP contribution in [0.4, 0.5) is 23.0 Å². The predicted molar refractivity (Wildman–Crippen MR) is 496 cm³/mol. The van der Waals surface area contributed by atoms with E-state index in [1.807, 2.05) is 13.8 Å². The number of nitrogen functional groups attached to an aromatic ring is 4. The van der Waals surface area contributed by atoms with Gasteiger partial charge in [0, 0.05) is 125 Å². The van der Waals surface area contributed by atoms with E-state index in [9.17, 15) is 100 Å². The Morgan fingerprint density at radius 3 is 1.41 bits per heavy atom. The molecule has 6 aliphatic rings. The molecule has 0 bridgehead atoms. The summed E-state index contributed by atoms with van der Waals surface area (Å²) in [7, 11) is -16.2. The van der Waals surface area contributed by atoms with Crippen molar-refractivity contribution in [2.45, 2.75) is 135 Å². The van der Waals surface area contributed by atoms with Crippen molar-refractivity contribution in [2.24, 2.45) is 5.73 Å². The highest BCUT2D eigenvalue weighted by Gasteiger charge is 2.39. The SMILES string of the molecule is C=CCOC1CC(n2cc(C#CCCC(=O)CCSSCCNC(=O)c3ccc(-c4c5ccc(=N)c(S(=O)(=O)[O-])c-5oc5c(S(=O)(=O)[O-])c(N)ccc45)c(C(=O)O)c3)c(N)nc2=O)OC1CC.C=CCOC1CC(n2cc(C#CCN)c(N)nc2=O)OC1CC.N=c1ccc2c(-c3ccc(C(=O)CCCSSCCC(=O)O)cc3C(=O)O)c3ccc(N)c(S(=O)(=O)[O-])c3oc-2c1S(=O)(=O)[O-]. The first-order valence-corrected chi connectivity index (χ1v) is 51.0. The predicted octanol–water partition coefficient (Wildman–Crippen LogP) is 8.08. The van der Waals surface area contributed by atoms with Gasteiger partial charge in [-0.2, -0.15) is 9.97 Å². The molecule has 2 aromatic heterocycles. The van der Waals surface area contributed by atoms with Crippen molar-refractivity contribution in [2.75, 3.05) is 72.2 Å². The Bertz CT molecular complexity index is 7150. The molecule has 41 nitrogen and oxygen atoms in total. The quantitative estimate of drug-likeness (QED) is 0.00256. The number of ketones is 2. The fourth-order valence-electron chi connectivity index (χ4n) is 14.4. The second-order valence-corrected chi connectivity index (χ2v) is 40.1. The number of fused-ring (bicyclic) bond motifs is 4. The zero-order valence-corrected chi connectivity index (χ0v) is 77.9. The Morgan fingerprint density at radius 2 is 0.985 bits per heavy atom. The molecule has 2 saturated heterocycles. The van der Waals surface area contributed by atoms with Crippen LogP contribution in [0.25, 0.3) is 66.8 Å². The molecule has 12 rings (SSSR count). The van der Waals surface area contributed by atoms with E-state index in [2.05, 4.69) is 52.1 Å². The zero-order valence-electron chi connectivity index (χ0n) is 71.4. The number of nitrogens with one attached hydrogen (secondary N) is 3. The number of nitrogens with zero attached hydrogens (tertiary/aromatic N) is 4. The Hall–Kier alpha value is -12.1. The van der Waals surface area contributed by atoms with Crippen LogP contribution < -0.4 is 56.1 Å². The van der Waals surface area contributed by atoms with Crippen LogP contribution >= 0.6 is 43.2 Å². The molecule has 6 atom stereocenters. The van der Waals surface area contributed by atoms with E-state index in [0.717, 1.165) is 48.9 Å². The molecule has 4 aromatic carbocycles. The molecule has 2 fully saturated rings. The Morgan fingerprint density at radius 1 is 0.563 bits per heavy atom. The van der Waals surface area contributed by atoms with Crippen molar-refractivity contribution in [3.05, 3.63) is 188 Å². The van der Waals surface area contributed by atoms with Crippen molar-refractivity contribution in [3.63, 3.8) is 0 Å². The maximum absolute atomic E-state index is 13.2. The van der Waals surface area contributed by atoms with Gasteiger partial charge in [0.15, 0.2) is 28.5 Å². The molecule has 1 amide bonds. The third-order valence-corrected chi connectivity index (χ3v) is 29.0. The smallest absolute Gasteiger partial charge is 0.351 e. The van der Waals surface area contributed by atoms with Crippen molar-refractivity contribution >= 4 is 164 Å². The summed E-state index contributed by atoms with van der Waals surface area (Å²) in [4.78, 5) is 102. The van der Waals surface area contributed by atoms with Crippen molar-refractivity contribution in [1.29, 1.82) is 10.8 Å². The largest absolute Gasteiger partial charge is 0.744 e. The van der Waals surface area contributed by atoms with Crippen LogP contribution in [0.15, 0.2) is 161 Å². The molecule has 716 valence electrons. The third-order valence-electron chi connectivity index (χ3n) is 20.4. The summed E-state index contributed by atoms with van der Waals surface area (Å²) < 4.78 is 185. The lowest BCUT2D eigenvalue weighted by molar-refractivity contribution is -0.136. The highest BCUT2D eigenvalue weighted by Crippen LogP contribution is 2.49. The number of ether oxygens (including phenoxy) is 4. The number of hydrogen-bond acceptors (Lipinski definition) is 39. The van der Waals surface area contributed by atoms with Gasteiger partial charge in [-0.05, 0) is 97.1 Å². The normalized spacial score (nSPS) is 16.0. The number of anilines is 4. The van der Waals surface area contributed by atoms with E-state index >= 15 is 0 Å².